The largest absolute Gasteiger partial charge is 0.508 e. The molecule has 0 bridgehead atoms. The number of aromatic hydroxyl groups is 1. The van der Waals surface area contributed by atoms with Crippen LogP contribution in [0.4, 0.5) is 0 Å². The fourth-order valence-corrected chi connectivity index (χ4v) is 5.82. The summed E-state index contributed by atoms with van der Waals surface area (Å²) in [5, 5.41) is 20.6. The zero-order valence-electron chi connectivity index (χ0n) is 13.2. The predicted molar refractivity (Wildman–Crippen MR) is 86.5 cm³/mol. The Labute approximate surface area is 132 Å². The molecular weight excluding hydrogens is 272 g/mol. The van der Waals surface area contributed by atoms with Gasteiger partial charge >= 0.3 is 0 Å². The van der Waals surface area contributed by atoms with E-state index in [9.17, 15) is 10.2 Å². The molecule has 4 rings (SSSR count). The van der Waals surface area contributed by atoms with E-state index in [1.54, 1.807) is 0 Å². The molecule has 22 heavy (non-hydrogen) atoms. The van der Waals surface area contributed by atoms with Gasteiger partial charge in [0, 0.05) is 5.41 Å². The molecule has 1 aromatic carbocycles. The van der Waals surface area contributed by atoms with Crippen molar-refractivity contribution >= 4 is 0 Å². The maximum absolute atomic E-state index is 10.9. The van der Waals surface area contributed by atoms with Crippen molar-refractivity contribution in [3.05, 3.63) is 29.3 Å². The van der Waals surface area contributed by atoms with E-state index < -0.39 is 5.60 Å². The van der Waals surface area contributed by atoms with Crippen molar-refractivity contribution in [3.8, 4) is 18.1 Å². The number of rotatable bonds is 0. The minimum absolute atomic E-state index is 0.128. The van der Waals surface area contributed by atoms with E-state index in [1.807, 2.05) is 12.1 Å². The summed E-state index contributed by atoms with van der Waals surface area (Å²) in [6, 6.07) is 5.87. The van der Waals surface area contributed by atoms with Crippen molar-refractivity contribution in [2.45, 2.75) is 57.0 Å². The number of aliphatic hydroxyl groups is 1. The summed E-state index contributed by atoms with van der Waals surface area (Å²) in [6.45, 7) is 2.22. The summed E-state index contributed by atoms with van der Waals surface area (Å²) in [5.41, 5.74) is 1.69. The molecule has 0 spiro atoms. The number of fused-ring (bicyclic) bond motifs is 5. The Balaban J connectivity index is 1.72. The molecule has 0 amide bonds. The fraction of sp³-hybridized carbons (Fsp3) is 0.600. The number of hydrogen-bond donors (Lipinski definition) is 2. The van der Waals surface area contributed by atoms with Crippen LogP contribution in [0.1, 0.15) is 56.1 Å². The van der Waals surface area contributed by atoms with Crippen molar-refractivity contribution in [1.29, 1.82) is 0 Å². The Kier molecular flexibility index (Phi) is 2.91. The van der Waals surface area contributed by atoms with E-state index >= 15 is 0 Å². The third-order valence-corrected chi connectivity index (χ3v) is 7.10. The second-order valence-electron chi connectivity index (χ2n) is 7.80. The Hall–Kier alpha value is -1.46. The molecule has 0 aromatic heterocycles. The van der Waals surface area contributed by atoms with Gasteiger partial charge in [0.1, 0.15) is 11.4 Å². The highest BCUT2D eigenvalue weighted by Crippen LogP contribution is 2.64. The van der Waals surface area contributed by atoms with Gasteiger partial charge in [0.15, 0.2) is 0 Å². The van der Waals surface area contributed by atoms with Crippen LogP contribution in [-0.4, -0.2) is 15.8 Å². The zero-order chi connectivity index (χ0) is 15.5. The van der Waals surface area contributed by atoms with Crippen molar-refractivity contribution < 1.29 is 10.2 Å². The van der Waals surface area contributed by atoms with Gasteiger partial charge in [0.25, 0.3) is 0 Å². The van der Waals surface area contributed by atoms with Crippen molar-refractivity contribution in [2.24, 2.45) is 17.3 Å². The molecule has 3 aliphatic rings. The number of hydrogen-bond acceptors (Lipinski definition) is 2. The SMILES string of the molecule is C#C[C@]1(O)CC[C@H]2[C@@H]3CCc4cc(O)ccc4[C@@H]3CC[C@]21C. The molecule has 0 saturated heterocycles. The fourth-order valence-electron chi connectivity index (χ4n) is 5.82. The number of aryl methyl sites for hydroxylation is 1. The van der Waals surface area contributed by atoms with Gasteiger partial charge in [-0.15, -0.1) is 6.42 Å². The van der Waals surface area contributed by atoms with Gasteiger partial charge in [-0.3, -0.25) is 0 Å². The number of benzene rings is 1. The monoisotopic (exact) mass is 296 g/mol. The highest BCUT2D eigenvalue weighted by Gasteiger charge is 2.61. The lowest BCUT2D eigenvalue weighted by Crippen LogP contribution is -2.50. The maximum atomic E-state index is 10.9. The van der Waals surface area contributed by atoms with Crippen molar-refractivity contribution in [3.63, 3.8) is 0 Å². The molecule has 0 aliphatic heterocycles. The molecule has 3 aliphatic carbocycles. The molecule has 2 fully saturated rings. The minimum atomic E-state index is -0.919. The van der Waals surface area contributed by atoms with Gasteiger partial charge in [-0.2, -0.15) is 0 Å². The molecule has 2 saturated carbocycles. The van der Waals surface area contributed by atoms with E-state index in [-0.39, 0.29) is 5.41 Å². The second-order valence-corrected chi connectivity index (χ2v) is 7.80. The lowest BCUT2D eigenvalue weighted by molar-refractivity contribution is -0.0646. The Morgan fingerprint density at radius 1 is 1.23 bits per heavy atom. The highest BCUT2D eigenvalue weighted by atomic mass is 16.3. The first-order valence-corrected chi connectivity index (χ1v) is 8.50. The molecule has 0 heterocycles. The minimum Gasteiger partial charge on any atom is -0.508 e. The topological polar surface area (TPSA) is 40.5 Å². The second kappa shape index (κ2) is 4.52. The van der Waals surface area contributed by atoms with Gasteiger partial charge in [-0.1, -0.05) is 18.9 Å². The van der Waals surface area contributed by atoms with E-state index in [2.05, 4.69) is 18.9 Å². The normalized spacial score (nSPS) is 42.9. The molecule has 0 unspecified atom stereocenters. The van der Waals surface area contributed by atoms with Crippen LogP contribution in [0, 0.1) is 29.6 Å². The lowest BCUT2D eigenvalue weighted by atomic mass is 9.53. The number of terminal acetylenes is 1. The van der Waals surface area contributed by atoms with Gasteiger partial charge in [-0.25, -0.2) is 0 Å². The molecule has 2 heteroatoms. The van der Waals surface area contributed by atoms with Crippen molar-refractivity contribution in [2.75, 3.05) is 0 Å². The van der Waals surface area contributed by atoms with Crippen molar-refractivity contribution in [1.82, 2.24) is 0 Å². The molecule has 0 radical (unpaired) electrons. The predicted octanol–water partition coefficient (Wildman–Crippen LogP) is 3.61. The molecular formula is C20H24O2. The highest BCUT2D eigenvalue weighted by molar-refractivity contribution is 5.40. The van der Waals surface area contributed by atoms with Crippen LogP contribution in [0.25, 0.3) is 0 Å². The molecule has 116 valence electrons. The summed E-state index contributed by atoms with van der Waals surface area (Å²) in [5.74, 6) is 4.82. The summed E-state index contributed by atoms with van der Waals surface area (Å²) >= 11 is 0. The van der Waals surface area contributed by atoms with Crippen LogP contribution >= 0.6 is 0 Å². The first kappa shape index (κ1) is 14.2. The van der Waals surface area contributed by atoms with Crippen LogP contribution < -0.4 is 0 Å². The molecule has 2 N–H and O–H groups in total. The molecule has 1 aromatic rings. The average Bonchev–Trinajstić information content (AvgIpc) is 2.79. The Morgan fingerprint density at radius 3 is 2.82 bits per heavy atom. The van der Waals surface area contributed by atoms with Crippen LogP contribution in [0.2, 0.25) is 0 Å². The molecule has 2 nitrogen and oxygen atoms in total. The smallest absolute Gasteiger partial charge is 0.130 e. The van der Waals surface area contributed by atoms with Crippen LogP contribution in [0.15, 0.2) is 18.2 Å². The standard InChI is InChI=1S/C20H24O2/c1-3-20(22)11-9-18-17-6-4-13-12-14(21)5-7-15(13)16(17)8-10-19(18,20)2/h1,5,7,12,16-18,21-22H,4,6,8-11H2,2H3/t16-,17+,18-,19+,20-/m0/s1. The van der Waals surface area contributed by atoms with Crippen LogP contribution in [0.5, 0.6) is 5.75 Å². The van der Waals surface area contributed by atoms with Gasteiger partial charge < -0.3 is 10.2 Å². The summed E-state index contributed by atoms with van der Waals surface area (Å²) < 4.78 is 0. The molecule has 5 atom stereocenters. The van der Waals surface area contributed by atoms with Gasteiger partial charge in [0.2, 0.25) is 0 Å². The van der Waals surface area contributed by atoms with Gasteiger partial charge in [-0.05, 0) is 79.5 Å². The summed E-state index contributed by atoms with van der Waals surface area (Å²) in [7, 11) is 0. The van der Waals surface area contributed by atoms with Gasteiger partial charge in [0.05, 0.1) is 0 Å². The van der Waals surface area contributed by atoms with E-state index in [0.29, 0.717) is 23.5 Å². The summed E-state index contributed by atoms with van der Waals surface area (Å²) in [6.07, 6.45) is 11.8. The quantitative estimate of drug-likeness (QED) is 0.718. The lowest BCUT2D eigenvalue weighted by Gasteiger charge is -2.52. The summed E-state index contributed by atoms with van der Waals surface area (Å²) in [4.78, 5) is 0. The average molecular weight is 296 g/mol. The Bertz CT molecular complexity index is 658. The van der Waals surface area contributed by atoms with E-state index in [0.717, 1.165) is 38.5 Å². The first-order chi connectivity index (χ1) is 10.5. The first-order valence-electron chi connectivity index (χ1n) is 8.50. The van der Waals surface area contributed by atoms with E-state index in [1.165, 1.54) is 11.1 Å². The van der Waals surface area contributed by atoms with E-state index in [4.69, 9.17) is 6.42 Å². The third kappa shape index (κ3) is 1.66. The number of phenols is 1. The van der Waals surface area contributed by atoms with Crippen LogP contribution in [-0.2, 0) is 6.42 Å². The third-order valence-electron chi connectivity index (χ3n) is 7.10. The Morgan fingerprint density at radius 2 is 2.05 bits per heavy atom. The zero-order valence-corrected chi connectivity index (χ0v) is 13.2. The van der Waals surface area contributed by atoms with Crippen LogP contribution in [0.3, 0.4) is 0 Å². The number of phenolic OH excluding ortho intramolecular Hbond substituents is 1. The maximum Gasteiger partial charge on any atom is 0.130 e.